The van der Waals surface area contributed by atoms with Crippen LogP contribution >= 0.6 is 0 Å². The Balaban J connectivity index is 1.66. The molecule has 8 nitrogen and oxygen atoms in total. The highest BCUT2D eigenvalue weighted by Gasteiger charge is 2.44. The van der Waals surface area contributed by atoms with Crippen molar-refractivity contribution in [1.82, 2.24) is 14.7 Å². The lowest BCUT2D eigenvalue weighted by Gasteiger charge is -2.20. The van der Waals surface area contributed by atoms with Gasteiger partial charge in [0.2, 0.25) is 15.9 Å². The second kappa shape index (κ2) is 5.98. The van der Waals surface area contributed by atoms with Gasteiger partial charge in [0.25, 0.3) is 0 Å². The predicted octanol–water partition coefficient (Wildman–Crippen LogP) is -0.514. The zero-order valence-corrected chi connectivity index (χ0v) is 13.4. The van der Waals surface area contributed by atoms with E-state index in [1.165, 1.54) is 12.6 Å². The van der Waals surface area contributed by atoms with Gasteiger partial charge in [-0.3, -0.25) is 0 Å². The summed E-state index contributed by atoms with van der Waals surface area (Å²) < 4.78 is 36.0. The summed E-state index contributed by atoms with van der Waals surface area (Å²) >= 11 is 0. The maximum atomic E-state index is 11.2. The van der Waals surface area contributed by atoms with Crippen molar-refractivity contribution in [3.05, 3.63) is 12.4 Å². The summed E-state index contributed by atoms with van der Waals surface area (Å²) in [5, 5.41) is 0. The molecule has 0 amide bonds. The Morgan fingerprint density at radius 3 is 3.00 bits per heavy atom. The first-order valence-electron chi connectivity index (χ1n) is 7.13. The van der Waals surface area contributed by atoms with Gasteiger partial charge < -0.3 is 14.4 Å². The monoisotopic (exact) mass is 328 g/mol. The maximum Gasteiger partial charge on any atom is 0.218 e. The summed E-state index contributed by atoms with van der Waals surface area (Å²) in [6.45, 7) is 2.56. The van der Waals surface area contributed by atoms with Crippen LogP contribution in [0.2, 0.25) is 0 Å². The van der Waals surface area contributed by atoms with E-state index in [1.54, 1.807) is 13.2 Å². The minimum absolute atomic E-state index is 0.118. The van der Waals surface area contributed by atoms with E-state index < -0.39 is 10.0 Å². The average molecular weight is 328 g/mol. The Morgan fingerprint density at radius 1 is 1.45 bits per heavy atom. The number of aromatic nitrogens is 2. The van der Waals surface area contributed by atoms with Gasteiger partial charge in [-0.2, -0.15) is 0 Å². The number of ether oxygens (including phenoxy) is 2. The lowest BCUT2D eigenvalue weighted by atomic mass is 9.93. The van der Waals surface area contributed by atoms with Crippen molar-refractivity contribution in [2.24, 2.45) is 11.8 Å². The van der Waals surface area contributed by atoms with E-state index in [1.807, 2.05) is 0 Å². The van der Waals surface area contributed by atoms with E-state index >= 15 is 0 Å². The highest BCUT2D eigenvalue weighted by atomic mass is 32.2. The van der Waals surface area contributed by atoms with Gasteiger partial charge in [0.05, 0.1) is 26.1 Å². The van der Waals surface area contributed by atoms with Crippen LogP contribution in [0.25, 0.3) is 0 Å². The molecule has 1 aromatic rings. The van der Waals surface area contributed by atoms with Crippen molar-refractivity contribution in [2.75, 3.05) is 44.5 Å². The highest BCUT2D eigenvalue weighted by molar-refractivity contribution is 7.88. The van der Waals surface area contributed by atoms with E-state index in [0.717, 1.165) is 18.9 Å². The molecule has 2 saturated heterocycles. The molecule has 2 fully saturated rings. The van der Waals surface area contributed by atoms with Crippen molar-refractivity contribution in [3.8, 4) is 5.88 Å². The Morgan fingerprint density at radius 2 is 2.27 bits per heavy atom. The van der Waals surface area contributed by atoms with Gasteiger partial charge in [0.15, 0.2) is 0 Å². The minimum Gasteiger partial charge on any atom is -0.481 e. The van der Waals surface area contributed by atoms with Crippen LogP contribution < -0.4 is 14.4 Å². The normalized spacial score (nSPS) is 27.9. The molecule has 3 rings (SSSR count). The molecule has 0 saturated carbocycles. The second-order valence-corrected chi connectivity index (χ2v) is 7.57. The van der Waals surface area contributed by atoms with Crippen LogP contribution in [0, 0.1) is 11.8 Å². The average Bonchev–Trinajstić information content (AvgIpc) is 3.05. The van der Waals surface area contributed by atoms with Crippen molar-refractivity contribution < 1.29 is 17.9 Å². The summed E-state index contributed by atoms with van der Waals surface area (Å²) in [6.07, 6.45) is 2.77. The molecule has 0 unspecified atom stereocenters. The van der Waals surface area contributed by atoms with Gasteiger partial charge in [-0.25, -0.2) is 23.1 Å². The third-order valence-electron chi connectivity index (χ3n) is 4.21. The predicted molar refractivity (Wildman–Crippen MR) is 80.4 cm³/mol. The number of rotatable bonds is 5. The summed E-state index contributed by atoms with van der Waals surface area (Å²) in [5.41, 5.74) is 0. The number of fused-ring (bicyclic) bond motifs is 1. The Hall–Kier alpha value is -1.45. The van der Waals surface area contributed by atoms with E-state index in [9.17, 15) is 8.42 Å². The smallest absolute Gasteiger partial charge is 0.218 e. The fourth-order valence-electron chi connectivity index (χ4n) is 3.07. The molecule has 22 heavy (non-hydrogen) atoms. The van der Waals surface area contributed by atoms with E-state index in [0.29, 0.717) is 24.9 Å². The van der Waals surface area contributed by atoms with E-state index in [-0.39, 0.29) is 12.0 Å². The molecule has 0 spiro atoms. The van der Waals surface area contributed by atoms with Crippen molar-refractivity contribution >= 4 is 15.8 Å². The molecule has 3 heterocycles. The quantitative estimate of drug-likeness (QED) is 0.778. The molecule has 1 aromatic heterocycles. The minimum atomic E-state index is -3.17. The van der Waals surface area contributed by atoms with Crippen molar-refractivity contribution in [3.63, 3.8) is 0 Å². The zero-order chi connectivity index (χ0) is 15.7. The SMILES string of the molecule is COc1cc(N2C[C@H]3[C@H](CNS(C)(=O)=O)CO[C@H]3C2)ncn1. The van der Waals surface area contributed by atoms with Gasteiger partial charge in [-0.1, -0.05) is 0 Å². The first kappa shape index (κ1) is 15.4. The molecule has 2 aliphatic heterocycles. The lowest BCUT2D eigenvalue weighted by Crippen LogP contribution is -2.33. The Labute approximate surface area is 129 Å². The molecule has 0 aromatic carbocycles. The standard InChI is InChI=1S/C13H20N4O4S/c1-20-13-3-12(14-8-15-13)17-5-10-9(4-16-22(2,18)19)7-21-11(10)6-17/h3,8-11,16H,4-7H2,1-2H3/t9-,10+,11+/m1/s1. The van der Waals surface area contributed by atoms with Crippen LogP contribution in [-0.4, -0.2) is 64.1 Å². The van der Waals surface area contributed by atoms with Gasteiger partial charge in [0.1, 0.15) is 12.1 Å². The molecule has 3 atom stereocenters. The van der Waals surface area contributed by atoms with Crippen LogP contribution in [0.15, 0.2) is 12.4 Å². The molecule has 0 bridgehead atoms. The third kappa shape index (κ3) is 3.31. The molecule has 9 heteroatoms. The van der Waals surface area contributed by atoms with Gasteiger partial charge in [0, 0.05) is 37.5 Å². The molecule has 0 radical (unpaired) electrons. The maximum absolute atomic E-state index is 11.2. The van der Waals surface area contributed by atoms with Crippen LogP contribution in [0.5, 0.6) is 5.88 Å². The second-order valence-electron chi connectivity index (χ2n) is 5.74. The number of nitrogens with zero attached hydrogens (tertiary/aromatic N) is 3. The van der Waals surface area contributed by atoms with Crippen LogP contribution in [-0.2, 0) is 14.8 Å². The van der Waals surface area contributed by atoms with Gasteiger partial charge >= 0.3 is 0 Å². The first-order valence-corrected chi connectivity index (χ1v) is 9.02. The number of hydrogen-bond acceptors (Lipinski definition) is 7. The largest absolute Gasteiger partial charge is 0.481 e. The molecule has 2 aliphatic rings. The van der Waals surface area contributed by atoms with E-state index in [4.69, 9.17) is 9.47 Å². The van der Waals surface area contributed by atoms with Crippen LogP contribution in [0.4, 0.5) is 5.82 Å². The van der Waals surface area contributed by atoms with Crippen LogP contribution in [0.1, 0.15) is 0 Å². The number of methoxy groups -OCH3 is 1. The fraction of sp³-hybridized carbons (Fsp3) is 0.692. The third-order valence-corrected chi connectivity index (χ3v) is 4.90. The zero-order valence-electron chi connectivity index (χ0n) is 12.6. The summed E-state index contributed by atoms with van der Waals surface area (Å²) in [7, 11) is -1.60. The number of sulfonamides is 1. The fourth-order valence-corrected chi connectivity index (χ4v) is 3.59. The molecule has 122 valence electrons. The molecule has 1 N–H and O–H groups in total. The molecule has 0 aliphatic carbocycles. The van der Waals surface area contributed by atoms with Gasteiger partial charge in [-0.05, 0) is 0 Å². The summed E-state index contributed by atoms with van der Waals surface area (Å²) in [5.74, 6) is 1.82. The van der Waals surface area contributed by atoms with Gasteiger partial charge in [-0.15, -0.1) is 0 Å². The Bertz CT molecular complexity index is 639. The molecular formula is C13H20N4O4S. The van der Waals surface area contributed by atoms with Crippen molar-refractivity contribution in [1.29, 1.82) is 0 Å². The number of anilines is 1. The van der Waals surface area contributed by atoms with Crippen molar-refractivity contribution in [2.45, 2.75) is 6.10 Å². The Kier molecular flexibility index (Phi) is 4.20. The first-order chi connectivity index (χ1) is 10.5. The highest BCUT2D eigenvalue weighted by Crippen LogP contribution is 2.35. The molecular weight excluding hydrogens is 308 g/mol. The summed E-state index contributed by atoms with van der Waals surface area (Å²) in [4.78, 5) is 10.4. The van der Waals surface area contributed by atoms with E-state index in [2.05, 4.69) is 19.6 Å². The topological polar surface area (TPSA) is 93.7 Å². The van der Waals surface area contributed by atoms with Crippen LogP contribution in [0.3, 0.4) is 0 Å². The summed E-state index contributed by atoms with van der Waals surface area (Å²) in [6, 6.07) is 1.80. The lowest BCUT2D eigenvalue weighted by molar-refractivity contribution is 0.111. The number of nitrogens with one attached hydrogen (secondary N) is 1. The number of hydrogen-bond donors (Lipinski definition) is 1.